The first-order valence-electron chi connectivity index (χ1n) is 12.6. The number of rotatable bonds is 9. The summed E-state index contributed by atoms with van der Waals surface area (Å²) in [6.45, 7) is 5.19. The second kappa shape index (κ2) is 11.6. The Balaban J connectivity index is 1.22. The maximum Gasteiger partial charge on any atom is 0.255 e. The smallest absolute Gasteiger partial charge is 0.255 e. The van der Waals surface area contributed by atoms with Crippen LogP contribution in [0.15, 0.2) is 47.5 Å². The lowest BCUT2D eigenvalue weighted by Gasteiger charge is -2.38. The van der Waals surface area contributed by atoms with E-state index in [9.17, 15) is 14.7 Å². The molecule has 8 nitrogen and oxygen atoms in total. The zero-order valence-corrected chi connectivity index (χ0v) is 20.0. The molecule has 4 rings (SSSR count). The van der Waals surface area contributed by atoms with E-state index in [1.54, 1.807) is 0 Å². The number of hydrogen-bond acceptors (Lipinski definition) is 6. The van der Waals surface area contributed by atoms with E-state index >= 15 is 0 Å². The van der Waals surface area contributed by atoms with Crippen LogP contribution in [0.3, 0.4) is 0 Å². The van der Waals surface area contributed by atoms with Crippen molar-refractivity contribution in [1.82, 2.24) is 19.4 Å². The predicted octanol–water partition coefficient (Wildman–Crippen LogP) is 2.13. The van der Waals surface area contributed by atoms with Crippen molar-refractivity contribution in [2.75, 3.05) is 44.6 Å². The van der Waals surface area contributed by atoms with Gasteiger partial charge in [-0.1, -0.05) is 36.8 Å². The normalized spacial score (nSPS) is 18.6. The minimum atomic E-state index is -1.01. The molecule has 0 bridgehead atoms. The van der Waals surface area contributed by atoms with Crippen LogP contribution in [0.5, 0.6) is 0 Å². The first kappa shape index (κ1) is 24.4. The van der Waals surface area contributed by atoms with Gasteiger partial charge in [-0.05, 0) is 50.8 Å². The Morgan fingerprint density at radius 3 is 2.50 bits per heavy atom. The fourth-order valence-corrected chi connectivity index (χ4v) is 4.87. The Morgan fingerprint density at radius 1 is 1.06 bits per heavy atom. The number of likely N-dealkylation sites (tertiary alicyclic amines) is 2. The van der Waals surface area contributed by atoms with Crippen LogP contribution in [0.1, 0.15) is 44.1 Å². The molecule has 184 valence electrons. The van der Waals surface area contributed by atoms with Crippen molar-refractivity contribution in [1.29, 1.82) is 0 Å². The molecule has 0 spiro atoms. The van der Waals surface area contributed by atoms with Crippen molar-refractivity contribution < 1.29 is 9.90 Å². The Hall–Kier alpha value is -2.71. The molecular formula is C26H37N5O3. The van der Waals surface area contributed by atoms with Gasteiger partial charge in [0.25, 0.3) is 5.56 Å². The van der Waals surface area contributed by atoms with Crippen molar-refractivity contribution >= 4 is 11.7 Å². The molecule has 2 aromatic rings. The van der Waals surface area contributed by atoms with Gasteiger partial charge in [0, 0.05) is 38.7 Å². The maximum atomic E-state index is 12.6. The Bertz CT molecular complexity index is 979. The summed E-state index contributed by atoms with van der Waals surface area (Å²) < 4.78 is 1.47. The number of amides is 1. The van der Waals surface area contributed by atoms with Gasteiger partial charge in [-0.25, -0.2) is 4.98 Å². The average molecular weight is 468 g/mol. The largest absolute Gasteiger partial charge is 0.388 e. The lowest BCUT2D eigenvalue weighted by Crippen LogP contribution is -2.49. The predicted molar refractivity (Wildman–Crippen MR) is 133 cm³/mol. The number of aliphatic hydroxyl groups is 1. The third-order valence-corrected chi connectivity index (χ3v) is 7.04. The van der Waals surface area contributed by atoms with Crippen LogP contribution in [0.4, 0.5) is 5.82 Å². The third-order valence-electron chi connectivity index (χ3n) is 7.04. The van der Waals surface area contributed by atoms with E-state index in [2.05, 4.69) is 15.2 Å². The lowest BCUT2D eigenvalue weighted by molar-refractivity contribution is -0.135. The fraction of sp³-hybridized carbons (Fsp3) is 0.577. The van der Waals surface area contributed by atoms with Gasteiger partial charge in [-0.2, -0.15) is 0 Å². The molecule has 0 radical (unpaired) electrons. The number of hydrogen-bond donors (Lipinski definition) is 2. The highest BCUT2D eigenvalue weighted by Crippen LogP contribution is 2.24. The number of piperidine rings is 2. The van der Waals surface area contributed by atoms with Crippen molar-refractivity contribution in [2.24, 2.45) is 0 Å². The summed E-state index contributed by atoms with van der Waals surface area (Å²) in [6, 6.07) is 11.5. The lowest BCUT2D eigenvalue weighted by atomic mass is 9.91. The first-order valence-corrected chi connectivity index (χ1v) is 12.6. The van der Waals surface area contributed by atoms with E-state index in [-0.39, 0.29) is 18.0 Å². The monoisotopic (exact) mass is 467 g/mol. The van der Waals surface area contributed by atoms with Gasteiger partial charge in [0.2, 0.25) is 5.91 Å². The van der Waals surface area contributed by atoms with Crippen LogP contribution in [-0.4, -0.2) is 75.2 Å². The van der Waals surface area contributed by atoms with Crippen molar-refractivity contribution in [3.63, 3.8) is 0 Å². The molecule has 3 heterocycles. The first-order chi connectivity index (χ1) is 16.5. The summed E-state index contributed by atoms with van der Waals surface area (Å²) in [4.78, 5) is 33.8. The van der Waals surface area contributed by atoms with Crippen LogP contribution in [0.25, 0.3) is 0 Å². The number of carbonyl (C=O) groups excluding carboxylic acids is 1. The summed E-state index contributed by atoms with van der Waals surface area (Å²) in [5.41, 5.74) is -0.0313. The number of benzene rings is 1. The quantitative estimate of drug-likeness (QED) is 0.587. The zero-order valence-electron chi connectivity index (χ0n) is 20.0. The molecule has 8 heteroatoms. The summed E-state index contributed by atoms with van der Waals surface area (Å²) >= 11 is 0. The van der Waals surface area contributed by atoms with Crippen LogP contribution in [-0.2, 0) is 17.8 Å². The summed E-state index contributed by atoms with van der Waals surface area (Å²) in [5.74, 6) is 0.689. The topological polar surface area (TPSA) is 90.7 Å². The highest BCUT2D eigenvalue weighted by molar-refractivity contribution is 5.76. The molecular weight excluding hydrogens is 430 g/mol. The second-order valence-electron chi connectivity index (χ2n) is 9.66. The van der Waals surface area contributed by atoms with Gasteiger partial charge in [0.15, 0.2) is 0 Å². The standard InChI is InChI=1S/C26H37N5O3/c32-24(10-9-22-7-3-1-4-8-22)30-16-11-26(34,12-17-30)20-31-21-28-23(19-25(31)33)27-13-18-29-14-5-2-6-15-29/h1,3-4,7-8,19,21,27,34H,2,5-6,9-18,20H2. The van der Waals surface area contributed by atoms with Gasteiger partial charge >= 0.3 is 0 Å². The molecule has 2 saturated heterocycles. The number of carbonyl (C=O) groups is 1. The number of aromatic nitrogens is 2. The van der Waals surface area contributed by atoms with Crippen molar-refractivity contribution in [2.45, 2.75) is 57.1 Å². The summed E-state index contributed by atoms with van der Waals surface area (Å²) in [7, 11) is 0. The minimum absolute atomic E-state index is 0.115. The molecule has 0 atom stereocenters. The Kier molecular flexibility index (Phi) is 8.34. The fourth-order valence-electron chi connectivity index (χ4n) is 4.87. The highest BCUT2D eigenvalue weighted by atomic mass is 16.3. The van der Waals surface area contributed by atoms with Gasteiger partial charge in [0.1, 0.15) is 5.82 Å². The number of aryl methyl sites for hydroxylation is 1. The number of nitrogens with zero attached hydrogens (tertiary/aromatic N) is 4. The SMILES string of the molecule is O=C(CCc1ccccc1)N1CCC(O)(Cn2cnc(NCCN3CCCCC3)cc2=O)CC1. The molecule has 0 aliphatic carbocycles. The van der Waals surface area contributed by atoms with Gasteiger partial charge in [-0.15, -0.1) is 0 Å². The zero-order chi connectivity index (χ0) is 23.8. The summed E-state index contributed by atoms with van der Waals surface area (Å²) in [5, 5.41) is 14.3. The molecule has 1 amide bonds. The van der Waals surface area contributed by atoms with Gasteiger partial charge < -0.3 is 20.2 Å². The minimum Gasteiger partial charge on any atom is -0.388 e. The van der Waals surface area contributed by atoms with Crippen LogP contribution in [0.2, 0.25) is 0 Å². The Labute approximate surface area is 201 Å². The molecule has 2 N–H and O–H groups in total. The van der Waals surface area contributed by atoms with Crippen molar-refractivity contribution in [3.05, 3.63) is 58.6 Å². The van der Waals surface area contributed by atoms with E-state index in [0.717, 1.165) is 38.2 Å². The third kappa shape index (κ3) is 6.90. The van der Waals surface area contributed by atoms with Crippen LogP contribution in [0, 0.1) is 0 Å². The number of anilines is 1. The molecule has 0 saturated carbocycles. The molecule has 2 fully saturated rings. The average Bonchev–Trinajstić information content (AvgIpc) is 2.86. The van der Waals surface area contributed by atoms with E-state index in [1.807, 2.05) is 35.2 Å². The highest BCUT2D eigenvalue weighted by Gasteiger charge is 2.34. The number of nitrogens with one attached hydrogen (secondary N) is 1. The molecule has 1 aromatic heterocycles. The molecule has 1 aromatic carbocycles. The van der Waals surface area contributed by atoms with Crippen LogP contribution < -0.4 is 10.9 Å². The van der Waals surface area contributed by atoms with E-state index in [0.29, 0.717) is 38.2 Å². The van der Waals surface area contributed by atoms with Crippen LogP contribution >= 0.6 is 0 Å². The molecule has 2 aliphatic heterocycles. The summed E-state index contributed by atoms with van der Waals surface area (Å²) in [6.07, 6.45) is 7.45. The molecule has 2 aliphatic rings. The maximum absolute atomic E-state index is 12.6. The Morgan fingerprint density at radius 2 is 1.79 bits per heavy atom. The van der Waals surface area contributed by atoms with E-state index in [4.69, 9.17) is 0 Å². The second-order valence-corrected chi connectivity index (χ2v) is 9.66. The van der Waals surface area contributed by atoms with Gasteiger partial charge in [-0.3, -0.25) is 14.2 Å². The van der Waals surface area contributed by atoms with E-state index in [1.165, 1.54) is 36.2 Å². The van der Waals surface area contributed by atoms with E-state index < -0.39 is 5.60 Å². The van der Waals surface area contributed by atoms with Crippen molar-refractivity contribution in [3.8, 4) is 0 Å². The molecule has 34 heavy (non-hydrogen) atoms. The van der Waals surface area contributed by atoms with Gasteiger partial charge in [0.05, 0.1) is 18.5 Å². The molecule has 0 unspecified atom stereocenters.